The lowest BCUT2D eigenvalue weighted by molar-refractivity contribution is 0.00365. The van der Waals surface area contributed by atoms with Crippen LogP contribution in [0.2, 0.25) is 0 Å². The van der Waals surface area contributed by atoms with Gasteiger partial charge in [-0.05, 0) is 19.3 Å². The van der Waals surface area contributed by atoms with Gasteiger partial charge in [0.15, 0.2) is 0 Å². The predicted octanol–water partition coefficient (Wildman–Crippen LogP) is 1.04. The van der Waals surface area contributed by atoms with Gasteiger partial charge in [0.25, 0.3) is 0 Å². The lowest BCUT2D eigenvalue weighted by atomic mass is 9.83. The van der Waals surface area contributed by atoms with Crippen molar-refractivity contribution in [2.45, 2.75) is 27.2 Å². The van der Waals surface area contributed by atoms with E-state index in [1.165, 1.54) is 0 Å². The van der Waals surface area contributed by atoms with E-state index in [0.29, 0.717) is 13.2 Å². The van der Waals surface area contributed by atoms with E-state index in [4.69, 9.17) is 9.84 Å². The van der Waals surface area contributed by atoms with Crippen LogP contribution in [0.15, 0.2) is 0 Å². The highest BCUT2D eigenvalue weighted by molar-refractivity contribution is 4.75. The molecule has 0 aliphatic heterocycles. The molecule has 0 aliphatic carbocycles. The van der Waals surface area contributed by atoms with Gasteiger partial charge in [-0.15, -0.1) is 0 Å². The lowest BCUT2D eigenvalue weighted by Gasteiger charge is -2.29. The Bertz CT molecular complexity index is 127. The molecule has 0 amide bonds. The summed E-state index contributed by atoms with van der Waals surface area (Å²) < 4.78 is 5.29. The summed E-state index contributed by atoms with van der Waals surface area (Å²) in [6, 6.07) is 0. The largest absolute Gasteiger partial charge is 0.396 e. The second-order valence-corrected chi connectivity index (χ2v) is 4.10. The maximum atomic E-state index is 9.19. The number of rotatable bonds is 7. The summed E-state index contributed by atoms with van der Waals surface area (Å²) in [5, 5.41) is 18.1. The molecule has 3 heteroatoms. The van der Waals surface area contributed by atoms with Crippen LogP contribution in [0.25, 0.3) is 0 Å². The van der Waals surface area contributed by atoms with Gasteiger partial charge in [0.1, 0.15) is 0 Å². The average molecular weight is 190 g/mol. The highest BCUT2D eigenvalue weighted by Crippen LogP contribution is 2.25. The molecule has 0 aromatic heterocycles. The fourth-order valence-corrected chi connectivity index (χ4v) is 1.42. The Kier molecular flexibility index (Phi) is 6.29. The zero-order valence-corrected chi connectivity index (χ0v) is 8.92. The lowest BCUT2D eigenvalue weighted by Crippen LogP contribution is -2.30. The van der Waals surface area contributed by atoms with E-state index >= 15 is 0 Å². The van der Waals surface area contributed by atoms with Crippen molar-refractivity contribution in [3.8, 4) is 0 Å². The number of hydrogen-bond acceptors (Lipinski definition) is 3. The van der Waals surface area contributed by atoms with Crippen LogP contribution in [-0.2, 0) is 4.74 Å². The molecule has 0 aromatic rings. The van der Waals surface area contributed by atoms with Crippen LogP contribution in [0.5, 0.6) is 0 Å². The van der Waals surface area contributed by atoms with Gasteiger partial charge in [0.2, 0.25) is 0 Å². The van der Waals surface area contributed by atoms with Gasteiger partial charge in [0.05, 0.1) is 13.2 Å². The SMILES string of the molecule is CCOC[C@@](C)(CO)C[C@H](C)CO. The van der Waals surface area contributed by atoms with Gasteiger partial charge in [-0.3, -0.25) is 0 Å². The van der Waals surface area contributed by atoms with Crippen molar-refractivity contribution in [1.29, 1.82) is 0 Å². The number of aliphatic hydroxyl groups excluding tert-OH is 2. The summed E-state index contributed by atoms with van der Waals surface area (Å²) in [7, 11) is 0. The maximum absolute atomic E-state index is 9.19. The minimum absolute atomic E-state index is 0.108. The molecule has 2 N–H and O–H groups in total. The van der Waals surface area contributed by atoms with Crippen molar-refractivity contribution >= 4 is 0 Å². The molecule has 0 aromatic carbocycles. The van der Waals surface area contributed by atoms with Gasteiger partial charge >= 0.3 is 0 Å². The van der Waals surface area contributed by atoms with Crippen molar-refractivity contribution in [2.24, 2.45) is 11.3 Å². The summed E-state index contributed by atoms with van der Waals surface area (Å²) in [6.45, 7) is 7.40. The Morgan fingerprint density at radius 1 is 1.38 bits per heavy atom. The Balaban J connectivity index is 3.94. The van der Waals surface area contributed by atoms with Crippen LogP contribution in [0.4, 0.5) is 0 Å². The molecular formula is C10H22O3. The van der Waals surface area contributed by atoms with Crippen molar-refractivity contribution in [3.05, 3.63) is 0 Å². The Morgan fingerprint density at radius 3 is 2.38 bits per heavy atom. The molecule has 3 nitrogen and oxygen atoms in total. The van der Waals surface area contributed by atoms with Crippen LogP contribution >= 0.6 is 0 Å². The molecule has 0 heterocycles. The van der Waals surface area contributed by atoms with Gasteiger partial charge in [-0.25, -0.2) is 0 Å². The van der Waals surface area contributed by atoms with E-state index in [1.54, 1.807) is 0 Å². The molecule has 0 spiro atoms. The third-order valence-electron chi connectivity index (χ3n) is 2.19. The summed E-state index contributed by atoms with van der Waals surface area (Å²) in [5.74, 6) is 0.220. The second-order valence-electron chi connectivity index (χ2n) is 4.10. The van der Waals surface area contributed by atoms with Gasteiger partial charge < -0.3 is 14.9 Å². The van der Waals surface area contributed by atoms with Crippen LogP contribution < -0.4 is 0 Å². The minimum atomic E-state index is -0.210. The highest BCUT2D eigenvalue weighted by atomic mass is 16.5. The molecule has 2 atom stereocenters. The van der Waals surface area contributed by atoms with Crippen LogP contribution in [-0.4, -0.2) is 36.6 Å². The first-order chi connectivity index (χ1) is 6.08. The summed E-state index contributed by atoms with van der Waals surface area (Å²) in [5.41, 5.74) is -0.210. The zero-order valence-electron chi connectivity index (χ0n) is 8.92. The molecule has 0 radical (unpaired) electrons. The van der Waals surface area contributed by atoms with Crippen molar-refractivity contribution in [2.75, 3.05) is 26.4 Å². The van der Waals surface area contributed by atoms with Gasteiger partial charge in [-0.2, -0.15) is 0 Å². The molecular weight excluding hydrogens is 168 g/mol. The fraction of sp³-hybridized carbons (Fsp3) is 1.00. The number of hydrogen-bond donors (Lipinski definition) is 2. The zero-order chi connectivity index (χ0) is 10.3. The summed E-state index contributed by atoms with van der Waals surface area (Å²) in [4.78, 5) is 0. The van der Waals surface area contributed by atoms with E-state index in [-0.39, 0.29) is 24.5 Å². The van der Waals surface area contributed by atoms with Crippen molar-refractivity contribution in [1.82, 2.24) is 0 Å². The topological polar surface area (TPSA) is 49.7 Å². The Hall–Kier alpha value is -0.120. The van der Waals surface area contributed by atoms with E-state index in [9.17, 15) is 5.11 Å². The van der Waals surface area contributed by atoms with E-state index in [0.717, 1.165) is 6.42 Å². The van der Waals surface area contributed by atoms with E-state index < -0.39 is 0 Å². The van der Waals surface area contributed by atoms with Crippen LogP contribution in [0.1, 0.15) is 27.2 Å². The molecule has 0 unspecified atom stereocenters. The quantitative estimate of drug-likeness (QED) is 0.630. The molecule has 0 fully saturated rings. The average Bonchev–Trinajstić information content (AvgIpc) is 2.14. The maximum Gasteiger partial charge on any atom is 0.0541 e. The van der Waals surface area contributed by atoms with Crippen molar-refractivity contribution in [3.63, 3.8) is 0 Å². The normalized spacial score (nSPS) is 18.2. The smallest absolute Gasteiger partial charge is 0.0541 e. The standard InChI is InChI=1S/C10H22O3/c1-4-13-8-10(3,7-12)5-9(2)6-11/h9,11-12H,4-8H2,1-3H3/t9-,10+/m0/s1. The molecule has 13 heavy (non-hydrogen) atoms. The molecule has 0 aliphatic rings. The number of aliphatic hydroxyl groups is 2. The van der Waals surface area contributed by atoms with E-state index in [1.807, 2.05) is 20.8 Å². The molecule has 80 valence electrons. The first kappa shape index (κ1) is 12.9. The third kappa shape index (κ3) is 5.24. The summed E-state index contributed by atoms with van der Waals surface area (Å²) >= 11 is 0. The second kappa shape index (κ2) is 6.35. The third-order valence-corrected chi connectivity index (χ3v) is 2.19. The highest BCUT2D eigenvalue weighted by Gasteiger charge is 2.25. The Morgan fingerprint density at radius 2 is 2.00 bits per heavy atom. The van der Waals surface area contributed by atoms with Crippen LogP contribution in [0.3, 0.4) is 0 Å². The molecule has 0 rings (SSSR count). The number of ether oxygens (including phenoxy) is 1. The van der Waals surface area contributed by atoms with Crippen molar-refractivity contribution < 1.29 is 14.9 Å². The molecule has 0 saturated heterocycles. The minimum Gasteiger partial charge on any atom is -0.396 e. The van der Waals surface area contributed by atoms with Gasteiger partial charge in [-0.1, -0.05) is 13.8 Å². The van der Waals surface area contributed by atoms with E-state index in [2.05, 4.69) is 0 Å². The Labute approximate surface area is 80.7 Å². The van der Waals surface area contributed by atoms with Gasteiger partial charge in [0, 0.05) is 18.6 Å². The fourth-order valence-electron chi connectivity index (χ4n) is 1.42. The first-order valence-corrected chi connectivity index (χ1v) is 4.87. The van der Waals surface area contributed by atoms with Crippen LogP contribution in [0, 0.1) is 11.3 Å². The predicted molar refractivity (Wildman–Crippen MR) is 52.6 cm³/mol. The molecule has 0 saturated carbocycles. The summed E-state index contributed by atoms with van der Waals surface area (Å²) in [6.07, 6.45) is 0.792. The molecule has 0 bridgehead atoms. The monoisotopic (exact) mass is 190 g/mol. The first-order valence-electron chi connectivity index (χ1n) is 4.87.